The van der Waals surface area contributed by atoms with E-state index in [4.69, 9.17) is 0 Å². The van der Waals surface area contributed by atoms with Crippen molar-refractivity contribution in [1.82, 2.24) is 10.2 Å². The van der Waals surface area contributed by atoms with Crippen LogP contribution in [0.25, 0.3) is 0 Å². The largest absolute Gasteiger partial charge is 0.335 e. The molecule has 0 spiro atoms. The summed E-state index contributed by atoms with van der Waals surface area (Å²) in [7, 11) is 0. The molecule has 2 rings (SSSR count). The number of carbonyl (C=O) groups excluding carboxylic acids is 1. The lowest BCUT2D eigenvalue weighted by Gasteiger charge is -2.25. The molecule has 1 N–H and O–H groups in total. The second-order valence-corrected chi connectivity index (χ2v) is 4.91. The zero-order valence-electron chi connectivity index (χ0n) is 11.6. The first-order valence-electron chi connectivity index (χ1n) is 6.99. The fourth-order valence-corrected chi connectivity index (χ4v) is 2.60. The smallest absolute Gasteiger partial charge is 0.254 e. The van der Waals surface area contributed by atoms with E-state index in [0.717, 1.165) is 38.0 Å². The molecule has 3 nitrogen and oxygen atoms in total. The van der Waals surface area contributed by atoms with Gasteiger partial charge in [-0.25, -0.2) is 0 Å². The van der Waals surface area contributed by atoms with E-state index in [1.165, 1.54) is 11.1 Å². The predicted octanol–water partition coefficient (Wildman–Crippen LogP) is 2.37. The number of benzene rings is 1. The average molecular weight is 258 g/mol. The van der Waals surface area contributed by atoms with E-state index in [1.807, 2.05) is 17.0 Å². The molecule has 1 aliphatic heterocycles. The minimum Gasteiger partial charge on any atom is -0.335 e. The van der Waals surface area contributed by atoms with Crippen LogP contribution < -0.4 is 5.32 Å². The third kappa shape index (κ3) is 3.04. The molecule has 1 aromatic rings. The average Bonchev–Trinajstić information content (AvgIpc) is 2.46. The summed E-state index contributed by atoms with van der Waals surface area (Å²) in [6.07, 6.45) is 3.70. The second kappa shape index (κ2) is 6.53. The number of carbonyl (C=O) groups is 1. The van der Waals surface area contributed by atoms with Gasteiger partial charge in [0, 0.05) is 25.2 Å². The number of amides is 1. The van der Waals surface area contributed by atoms with E-state index in [2.05, 4.69) is 24.9 Å². The molecule has 0 aliphatic carbocycles. The Labute approximate surface area is 115 Å². The van der Waals surface area contributed by atoms with Crippen molar-refractivity contribution in [2.45, 2.75) is 26.3 Å². The Balaban J connectivity index is 2.29. The normalized spacial score (nSPS) is 13.7. The number of nitrogens with one attached hydrogen (secondary N) is 1. The molecule has 0 bridgehead atoms. The highest BCUT2D eigenvalue weighted by Gasteiger charge is 2.20. The van der Waals surface area contributed by atoms with Crippen LogP contribution in [-0.4, -0.2) is 30.4 Å². The third-order valence-corrected chi connectivity index (χ3v) is 3.50. The monoisotopic (exact) mass is 258 g/mol. The summed E-state index contributed by atoms with van der Waals surface area (Å²) in [5, 5.41) is 3.35. The number of fused-ring (bicyclic) bond motifs is 1. The molecule has 1 aliphatic rings. The van der Waals surface area contributed by atoms with Crippen molar-refractivity contribution in [3.8, 4) is 0 Å². The van der Waals surface area contributed by atoms with Crippen LogP contribution in [0.3, 0.4) is 0 Å². The van der Waals surface area contributed by atoms with E-state index in [1.54, 1.807) is 6.08 Å². The highest BCUT2D eigenvalue weighted by Crippen LogP contribution is 2.20. The second-order valence-electron chi connectivity index (χ2n) is 4.91. The van der Waals surface area contributed by atoms with E-state index in [0.29, 0.717) is 6.54 Å². The molecule has 0 radical (unpaired) electrons. The van der Waals surface area contributed by atoms with Gasteiger partial charge in [0.05, 0.1) is 0 Å². The van der Waals surface area contributed by atoms with E-state index >= 15 is 0 Å². The third-order valence-electron chi connectivity index (χ3n) is 3.50. The van der Waals surface area contributed by atoms with E-state index in [9.17, 15) is 4.79 Å². The van der Waals surface area contributed by atoms with Crippen molar-refractivity contribution in [1.29, 1.82) is 0 Å². The van der Waals surface area contributed by atoms with Gasteiger partial charge in [-0.3, -0.25) is 4.79 Å². The molecule has 0 fully saturated rings. The molecule has 1 aromatic carbocycles. The first kappa shape index (κ1) is 13.8. The van der Waals surface area contributed by atoms with Crippen LogP contribution in [0, 0.1) is 0 Å². The summed E-state index contributed by atoms with van der Waals surface area (Å²) in [5.41, 5.74) is 3.35. The van der Waals surface area contributed by atoms with Gasteiger partial charge in [-0.05, 0) is 36.6 Å². The van der Waals surface area contributed by atoms with Gasteiger partial charge < -0.3 is 10.2 Å². The Hall–Kier alpha value is -1.61. The van der Waals surface area contributed by atoms with Crippen LogP contribution in [-0.2, 0) is 13.0 Å². The summed E-state index contributed by atoms with van der Waals surface area (Å²) >= 11 is 0. The van der Waals surface area contributed by atoms with Gasteiger partial charge in [0.1, 0.15) is 0 Å². The molecule has 0 saturated heterocycles. The molecule has 0 atom stereocenters. The topological polar surface area (TPSA) is 32.3 Å². The van der Waals surface area contributed by atoms with Gasteiger partial charge in [-0.15, -0.1) is 6.58 Å². The number of hydrogen-bond acceptors (Lipinski definition) is 2. The Morgan fingerprint density at radius 2 is 2.37 bits per heavy atom. The highest BCUT2D eigenvalue weighted by molar-refractivity contribution is 5.96. The molecular weight excluding hydrogens is 236 g/mol. The molecule has 0 unspecified atom stereocenters. The Bertz CT molecular complexity index is 468. The Morgan fingerprint density at radius 3 is 3.11 bits per heavy atom. The fourth-order valence-electron chi connectivity index (χ4n) is 2.60. The van der Waals surface area contributed by atoms with Crippen molar-refractivity contribution >= 4 is 5.91 Å². The molecule has 0 aromatic heterocycles. The zero-order chi connectivity index (χ0) is 13.7. The molecule has 0 saturated carbocycles. The summed E-state index contributed by atoms with van der Waals surface area (Å²) in [6.45, 7) is 9.06. The predicted molar refractivity (Wildman–Crippen MR) is 78.2 cm³/mol. The maximum atomic E-state index is 12.7. The van der Waals surface area contributed by atoms with Gasteiger partial charge in [0.2, 0.25) is 0 Å². The summed E-state index contributed by atoms with van der Waals surface area (Å²) in [4.78, 5) is 14.5. The number of hydrogen-bond donors (Lipinski definition) is 1. The van der Waals surface area contributed by atoms with Gasteiger partial charge in [0.15, 0.2) is 0 Å². The first-order chi connectivity index (χ1) is 9.27. The van der Waals surface area contributed by atoms with Crippen LogP contribution in [0.4, 0.5) is 0 Å². The zero-order valence-corrected chi connectivity index (χ0v) is 11.6. The standard InChI is InChI=1S/C16H22N2O/c1-3-10-18(11-4-2)16(19)15-7-5-6-13-12-17-9-8-14(13)15/h3,5-7,17H,1,4,8-12H2,2H3. The van der Waals surface area contributed by atoms with Crippen LogP contribution in [0.1, 0.15) is 34.8 Å². The van der Waals surface area contributed by atoms with Gasteiger partial charge in [-0.2, -0.15) is 0 Å². The quantitative estimate of drug-likeness (QED) is 0.822. The lowest BCUT2D eigenvalue weighted by atomic mass is 9.94. The number of rotatable bonds is 5. The summed E-state index contributed by atoms with van der Waals surface area (Å²) < 4.78 is 0. The summed E-state index contributed by atoms with van der Waals surface area (Å²) in [6, 6.07) is 6.05. The van der Waals surface area contributed by atoms with E-state index in [-0.39, 0.29) is 5.91 Å². The minimum atomic E-state index is 0.139. The van der Waals surface area contributed by atoms with Crippen LogP contribution in [0.15, 0.2) is 30.9 Å². The lowest BCUT2D eigenvalue weighted by Crippen LogP contribution is -2.34. The molecule has 3 heteroatoms. The van der Waals surface area contributed by atoms with Crippen molar-refractivity contribution in [3.05, 3.63) is 47.5 Å². The van der Waals surface area contributed by atoms with Crippen molar-refractivity contribution in [2.24, 2.45) is 0 Å². The maximum absolute atomic E-state index is 12.7. The first-order valence-corrected chi connectivity index (χ1v) is 6.99. The Morgan fingerprint density at radius 1 is 1.53 bits per heavy atom. The molecule has 19 heavy (non-hydrogen) atoms. The molecule has 1 heterocycles. The highest BCUT2D eigenvalue weighted by atomic mass is 16.2. The van der Waals surface area contributed by atoms with Crippen molar-refractivity contribution in [2.75, 3.05) is 19.6 Å². The minimum absolute atomic E-state index is 0.139. The Kier molecular flexibility index (Phi) is 4.74. The SMILES string of the molecule is C=CCN(CCC)C(=O)c1cccc2c1CCNC2. The van der Waals surface area contributed by atoms with Crippen molar-refractivity contribution < 1.29 is 4.79 Å². The van der Waals surface area contributed by atoms with Crippen LogP contribution in [0.2, 0.25) is 0 Å². The maximum Gasteiger partial charge on any atom is 0.254 e. The molecule has 1 amide bonds. The lowest BCUT2D eigenvalue weighted by molar-refractivity contribution is 0.0772. The van der Waals surface area contributed by atoms with Gasteiger partial charge in [-0.1, -0.05) is 25.1 Å². The van der Waals surface area contributed by atoms with Crippen LogP contribution >= 0.6 is 0 Å². The van der Waals surface area contributed by atoms with Gasteiger partial charge in [0.25, 0.3) is 5.91 Å². The van der Waals surface area contributed by atoms with Crippen molar-refractivity contribution in [3.63, 3.8) is 0 Å². The van der Waals surface area contributed by atoms with Crippen LogP contribution in [0.5, 0.6) is 0 Å². The fraction of sp³-hybridized carbons (Fsp3) is 0.438. The van der Waals surface area contributed by atoms with Gasteiger partial charge >= 0.3 is 0 Å². The molecular formula is C16H22N2O. The molecule has 102 valence electrons. The van der Waals surface area contributed by atoms with E-state index < -0.39 is 0 Å². The summed E-state index contributed by atoms with van der Waals surface area (Å²) in [5.74, 6) is 0.139. The number of nitrogens with zero attached hydrogens (tertiary/aromatic N) is 1.